The van der Waals surface area contributed by atoms with Gasteiger partial charge in [0.05, 0.1) is 0 Å². The quantitative estimate of drug-likeness (QED) is 0.924. The van der Waals surface area contributed by atoms with Crippen LogP contribution in [0, 0.1) is 12.7 Å². The summed E-state index contributed by atoms with van der Waals surface area (Å²) >= 11 is 0. The second-order valence-electron chi connectivity index (χ2n) is 4.81. The number of ether oxygens (including phenoxy) is 2. The van der Waals surface area contributed by atoms with Gasteiger partial charge < -0.3 is 14.8 Å². The van der Waals surface area contributed by atoms with Gasteiger partial charge in [0, 0.05) is 5.69 Å². The molecule has 21 heavy (non-hydrogen) atoms. The molecule has 1 aliphatic heterocycles. The molecular weight excluding hydrogens is 273 g/mol. The molecule has 0 aromatic heterocycles. The van der Waals surface area contributed by atoms with E-state index in [2.05, 4.69) is 5.32 Å². The molecule has 2 aromatic rings. The number of hydrogen-bond donors (Lipinski definition) is 1. The third-order valence-electron chi connectivity index (χ3n) is 3.26. The Labute approximate surface area is 121 Å². The summed E-state index contributed by atoms with van der Waals surface area (Å²) in [4.78, 5) is 12.2. The fourth-order valence-electron chi connectivity index (χ4n) is 2.09. The van der Waals surface area contributed by atoms with Crippen LogP contribution in [-0.4, -0.2) is 18.6 Å². The predicted molar refractivity (Wildman–Crippen MR) is 76.1 cm³/mol. The molecule has 0 radical (unpaired) electrons. The molecule has 5 heteroatoms. The molecule has 0 spiro atoms. The highest BCUT2D eigenvalue weighted by Gasteiger charge is 2.27. The second-order valence-corrected chi connectivity index (χ2v) is 4.81. The van der Waals surface area contributed by atoms with Gasteiger partial charge in [-0.2, -0.15) is 0 Å². The van der Waals surface area contributed by atoms with Crippen LogP contribution in [0.2, 0.25) is 0 Å². The summed E-state index contributed by atoms with van der Waals surface area (Å²) < 4.78 is 24.3. The first-order valence-corrected chi connectivity index (χ1v) is 6.59. The second kappa shape index (κ2) is 5.44. The predicted octanol–water partition coefficient (Wildman–Crippen LogP) is 2.91. The molecule has 1 amide bonds. The van der Waals surface area contributed by atoms with E-state index >= 15 is 0 Å². The van der Waals surface area contributed by atoms with Crippen LogP contribution in [0.15, 0.2) is 42.5 Å². The van der Waals surface area contributed by atoms with E-state index in [4.69, 9.17) is 9.47 Å². The molecule has 1 N–H and O–H groups in total. The zero-order chi connectivity index (χ0) is 14.8. The number of benzene rings is 2. The van der Waals surface area contributed by atoms with Crippen molar-refractivity contribution in [1.29, 1.82) is 0 Å². The normalized spacial score (nSPS) is 16.4. The molecule has 1 atom stereocenters. The number of hydrogen-bond acceptors (Lipinski definition) is 3. The summed E-state index contributed by atoms with van der Waals surface area (Å²) in [6.45, 7) is 1.92. The Morgan fingerprint density at radius 1 is 1.24 bits per heavy atom. The lowest BCUT2D eigenvalue weighted by Crippen LogP contribution is -2.40. The maximum atomic E-state index is 13.2. The van der Waals surface area contributed by atoms with E-state index in [1.54, 1.807) is 31.2 Å². The van der Waals surface area contributed by atoms with Crippen molar-refractivity contribution in [2.24, 2.45) is 0 Å². The lowest BCUT2D eigenvalue weighted by Gasteiger charge is -2.25. The number of nitrogens with one attached hydrogen (secondary N) is 1. The molecule has 1 heterocycles. The first kappa shape index (κ1) is 13.4. The van der Waals surface area contributed by atoms with Gasteiger partial charge in [0.2, 0.25) is 6.10 Å². The summed E-state index contributed by atoms with van der Waals surface area (Å²) in [5.41, 5.74) is 1.21. The number of fused-ring (bicyclic) bond motifs is 1. The number of carbonyl (C=O) groups excluding carboxylic acids is 1. The molecule has 4 nitrogen and oxygen atoms in total. The van der Waals surface area contributed by atoms with E-state index in [-0.39, 0.29) is 12.5 Å². The Kier molecular flexibility index (Phi) is 3.48. The summed E-state index contributed by atoms with van der Waals surface area (Å²) in [5, 5.41) is 2.67. The van der Waals surface area contributed by atoms with E-state index in [0.717, 1.165) is 5.56 Å². The van der Waals surface area contributed by atoms with Crippen LogP contribution < -0.4 is 14.8 Å². The Morgan fingerprint density at radius 3 is 2.81 bits per heavy atom. The minimum Gasteiger partial charge on any atom is -0.485 e. The zero-order valence-electron chi connectivity index (χ0n) is 11.4. The van der Waals surface area contributed by atoms with Gasteiger partial charge in [0.1, 0.15) is 12.4 Å². The van der Waals surface area contributed by atoms with Crippen LogP contribution in [0.5, 0.6) is 11.5 Å². The van der Waals surface area contributed by atoms with E-state index in [9.17, 15) is 9.18 Å². The van der Waals surface area contributed by atoms with Crippen LogP contribution >= 0.6 is 0 Å². The highest BCUT2D eigenvalue weighted by Crippen LogP contribution is 2.31. The van der Waals surface area contributed by atoms with Crippen LogP contribution in [0.3, 0.4) is 0 Å². The first-order chi connectivity index (χ1) is 10.1. The Bertz CT molecular complexity index is 687. The van der Waals surface area contributed by atoms with Crippen molar-refractivity contribution in [2.45, 2.75) is 13.0 Å². The molecule has 1 aliphatic rings. The van der Waals surface area contributed by atoms with Crippen molar-refractivity contribution in [3.05, 3.63) is 53.8 Å². The van der Waals surface area contributed by atoms with E-state index in [1.165, 1.54) is 12.1 Å². The molecular formula is C16H14FNO3. The monoisotopic (exact) mass is 287 g/mol. The topological polar surface area (TPSA) is 47.6 Å². The van der Waals surface area contributed by atoms with Gasteiger partial charge in [-0.25, -0.2) is 4.39 Å². The third kappa shape index (κ3) is 2.81. The molecule has 0 saturated heterocycles. The molecule has 3 rings (SSSR count). The standard InChI is InChI=1S/C16H14FNO3/c1-10-6-7-11(17)8-12(10)18-16(19)15-9-20-13-4-2-3-5-14(13)21-15/h2-8,15H,9H2,1H3,(H,18,19)/t15-/m1/s1. The van der Waals surface area contributed by atoms with Gasteiger partial charge >= 0.3 is 0 Å². The summed E-state index contributed by atoms with van der Waals surface area (Å²) in [7, 11) is 0. The average molecular weight is 287 g/mol. The van der Waals surface area contributed by atoms with Crippen molar-refractivity contribution in [3.63, 3.8) is 0 Å². The Balaban J connectivity index is 1.74. The minimum absolute atomic E-state index is 0.122. The molecule has 0 bridgehead atoms. The van der Waals surface area contributed by atoms with Crippen molar-refractivity contribution >= 4 is 11.6 Å². The van der Waals surface area contributed by atoms with E-state index in [1.807, 2.05) is 6.07 Å². The highest BCUT2D eigenvalue weighted by atomic mass is 19.1. The van der Waals surface area contributed by atoms with Crippen molar-refractivity contribution in [3.8, 4) is 11.5 Å². The maximum absolute atomic E-state index is 13.2. The minimum atomic E-state index is -0.762. The van der Waals surface area contributed by atoms with Gasteiger partial charge in [-0.1, -0.05) is 18.2 Å². The lowest BCUT2D eigenvalue weighted by atomic mass is 10.2. The van der Waals surface area contributed by atoms with Crippen molar-refractivity contribution in [1.82, 2.24) is 0 Å². The number of rotatable bonds is 2. The van der Waals surface area contributed by atoms with Crippen molar-refractivity contribution in [2.75, 3.05) is 11.9 Å². The maximum Gasteiger partial charge on any atom is 0.269 e. The Hall–Kier alpha value is -2.56. The highest BCUT2D eigenvalue weighted by molar-refractivity contribution is 5.95. The fraction of sp³-hybridized carbons (Fsp3) is 0.188. The number of amides is 1. The number of carbonyl (C=O) groups is 1. The van der Waals surface area contributed by atoms with Gasteiger partial charge in [0.15, 0.2) is 11.5 Å². The Morgan fingerprint density at radius 2 is 2.00 bits per heavy atom. The fourth-order valence-corrected chi connectivity index (χ4v) is 2.09. The number of anilines is 1. The molecule has 2 aromatic carbocycles. The van der Waals surface area contributed by atoms with E-state index < -0.39 is 11.9 Å². The largest absolute Gasteiger partial charge is 0.485 e. The van der Waals surface area contributed by atoms with Crippen LogP contribution in [0.1, 0.15) is 5.56 Å². The van der Waals surface area contributed by atoms with Gasteiger partial charge in [-0.3, -0.25) is 4.79 Å². The molecule has 0 aliphatic carbocycles. The smallest absolute Gasteiger partial charge is 0.269 e. The summed E-state index contributed by atoms with van der Waals surface area (Å²) in [6, 6.07) is 11.4. The van der Waals surface area contributed by atoms with Gasteiger partial charge in [-0.15, -0.1) is 0 Å². The molecule has 0 saturated carbocycles. The number of para-hydroxylation sites is 2. The molecule has 0 unspecified atom stereocenters. The third-order valence-corrected chi connectivity index (χ3v) is 3.26. The van der Waals surface area contributed by atoms with Crippen molar-refractivity contribution < 1.29 is 18.7 Å². The number of halogens is 1. The summed E-state index contributed by atoms with van der Waals surface area (Å²) in [6.07, 6.45) is -0.762. The summed E-state index contributed by atoms with van der Waals surface area (Å²) in [5.74, 6) is 0.378. The van der Waals surface area contributed by atoms with Crippen LogP contribution in [-0.2, 0) is 4.79 Å². The van der Waals surface area contributed by atoms with Gasteiger partial charge in [0.25, 0.3) is 5.91 Å². The van der Waals surface area contributed by atoms with Crippen LogP contribution in [0.4, 0.5) is 10.1 Å². The SMILES string of the molecule is Cc1ccc(F)cc1NC(=O)[C@H]1COc2ccccc2O1. The van der Waals surface area contributed by atoms with Gasteiger partial charge in [-0.05, 0) is 36.8 Å². The zero-order valence-corrected chi connectivity index (χ0v) is 11.4. The average Bonchev–Trinajstić information content (AvgIpc) is 2.50. The van der Waals surface area contributed by atoms with E-state index in [0.29, 0.717) is 17.2 Å². The first-order valence-electron chi connectivity index (χ1n) is 6.59. The van der Waals surface area contributed by atoms with Crippen LogP contribution in [0.25, 0.3) is 0 Å². The lowest BCUT2D eigenvalue weighted by molar-refractivity contribution is -0.125. The number of aryl methyl sites for hydroxylation is 1. The molecule has 0 fully saturated rings. The molecule has 108 valence electrons.